The first-order valence-corrected chi connectivity index (χ1v) is 7.83. The van der Waals surface area contributed by atoms with E-state index in [0.29, 0.717) is 5.56 Å². The summed E-state index contributed by atoms with van der Waals surface area (Å²) in [4.78, 5) is 23.7. The Balaban J connectivity index is 2.25. The van der Waals surface area contributed by atoms with Crippen LogP contribution in [0.4, 0.5) is 0 Å². The molecule has 1 unspecified atom stereocenters. The summed E-state index contributed by atoms with van der Waals surface area (Å²) in [6.07, 6.45) is 1.35. The molecule has 1 aromatic heterocycles. The molecular weight excluding hydrogens is 306 g/mol. The topological polar surface area (TPSA) is 84.2 Å². The quantitative estimate of drug-likeness (QED) is 0.883. The van der Waals surface area contributed by atoms with Crippen molar-refractivity contribution >= 4 is 11.9 Å². The number of carboxylic acids is 1. The first kappa shape index (κ1) is 17.7. The maximum Gasteiger partial charge on any atom is 0.305 e. The van der Waals surface area contributed by atoms with Crippen LogP contribution >= 0.6 is 0 Å². The molecule has 1 atom stereocenters. The molecular formula is C18H23N3O3. The van der Waals surface area contributed by atoms with E-state index >= 15 is 0 Å². The van der Waals surface area contributed by atoms with Gasteiger partial charge in [-0.25, -0.2) is 0 Å². The van der Waals surface area contributed by atoms with Crippen LogP contribution in [0.2, 0.25) is 0 Å². The molecule has 0 bridgehead atoms. The zero-order valence-corrected chi connectivity index (χ0v) is 14.4. The van der Waals surface area contributed by atoms with Gasteiger partial charge in [-0.2, -0.15) is 5.10 Å². The molecule has 0 saturated carbocycles. The number of nitrogens with one attached hydrogen (secondary N) is 1. The summed E-state index contributed by atoms with van der Waals surface area (Å²) >= 11 is 0. The number of carbonyl (C=O) groups is 2. The average Bonchev–Trinajstić information content (AvgIpc) is 2.89. The van der Waals surface area contributed by atoms with Gasteiger partial charge in [-0.1, -0.05) is 30.3 Å². The third-order valence-electron chi connectivity index (χ3n) is 3.78. The summed E-state index contributed by atoms with van der Waals surface area (Å²) in [7, 11) is 0. The second-order valence-corrected chi connectivity index (χ2v) is 6.76. The molecule has 0 aliphatic carbocycles. The zero-order chi connectivity index (χ0) is 17.9. The first-order valence-electron chi connectivity index (χ1n) is 7.83. The Morgan fingerprint density at radius 2 is 1.88 bits per heavy atom. The predicted molar refractivity (Wildman–Crippen MR) is 90.9 cm³/mol. The molecule has 0 saturated heterocycles. The van der Waals surface area contributed by atoms with Crippen LogP contribution in [0.15, 0.2) is 36.5 Å². The molecule has 2 rings (SSSR count). The van der Waals surface area contributed by atoms with Crippen molar-refractivity contribution in [3.8, 4) is 0 Å². The Kier molecular flexibility index (Phi) is 5.07. The largest absolute Gasteiger partial charge is 0.481 e. The number of hydrogen-bond acceptors (Lipinski definition) is 3. The fraction of sp³-hybridized carbons (Fsp3) is 0.389. The van der Waals surface area contributed by atoms with Gasteiger partial charge < -0.3 is 10.4 Å². The Hall–Kier alpha value is -2.63. The maximum atomic E-state index is 12.6. The third-order valence-corrected chi connectivity index (χ3v) is 3.78. The van der Waals surface area contributed by atoms with E-state index in [2.05, 4.69) is 10.4 Å². The fourth-order valence-electron chi connectivity index (χ4n) is 2.66. The van der Waals surface area contributed by atoms with Gasteiger partial charge in [-0.15, -0.1) is 0 Å². The van der Waals surface area contributed by atoms with Crippen molar-refractivity contribution in [3.63, 3.8) is 0 Å². The summed E-state index contributed by atoms with van der Waals surface area (Å²) < 4.78 is 1.79. The van der Waals surface area contributed by atoms with E-state index in [1.54, 1.807) is 16.8 Å². The smallest absolute Gasteiger partial charge is 0.305 e. The van der Waals surface area contributed by atoms with E-state index in [0.717, 1.165) is 11.3 Å². The van der Waals surface area contributed by atoms with Gasteiger partial charge >= 0.3 is 5.97 Å². The predicted octanol–water partition coefficient (Wildman–Crippen LogP) is 2.89. The van der Waals surface area contributed by atoms with Gasteiger partial charge in [-0.3, -0.25) is 14.3 Å². The third kappa shape index (κ3) is 4.01. The highest BCUT2D eigenvalue weighted by Crippen LogP contribution is 2.21. The average molecular weight is 329 g/mol. The van der Waals surface area contributed by atoms with Gasteiger partial charge in [-0.05, 0) is 33.3 Å². The van der Waals surface area contributed by atoms with Crippen LogP contribution in [-0.4, -0.2) is 26.8 Å². The number of aliphatic carboxylic acids is 1. The van der Waals surface area contributed by atoms with Gasteiger partial charge in [0.05, 0.1) is 29.8 Å². The minimum Gasteiger partial charge on any atom is -0.481 e. The van der Waals surface area contributed by atoms with E-state index in [4.69, 9.17) is 5.11 Å². The number of nitrogens with zero attached hydrogens (tertiary/aromatic N) is 2. The lowest BCUT2D eigenvalue weighted by molar-refractivity contribution is -0.137. The highest BCUT2D eigenvalue weighted by molar-refractivity contribution is 5.95. The highest BCUT2D eigenvalue weighted by Gasteiger charge is 2.24. The monoisotopic (exact) mass is 329 g/mol. The number of carbonyl (C=O) groups excluding carboxylic acids is 1. The number of carboxylic acid groups (broad SMARTS) is 1. The van der Waals surface area contributed by atoms with E-state index in [1.165, 1.54) is 6.20 Å². The molecule has 0 spiro atoms. The molecule has 1 heterocycles. The second-order valence-electron chi connectivity index (χ2n) is 6.76. The van der Waals surface area contributed by atoms with Crippen molar-refractivity contribution in [2.75, 3.05) is 0 Å². The van der Waals surface area contributed by atoms with Crippen molar-refractivity contribution in [3.05, 3.63) is 53.3 Å². The SMILES string of the molecule is Cc1c(C(=O)NC(CC(=O)O)c2ccccc2)cnn1C(C)(C)C. The number of aromatic nitrogens is 2. The summed E-state index contributed by atoms with van der Waals surface area (Å²) in [5.74, 6) is -1.29. The van der Waals surface area contributed by atoms with E-state index in [-0.39, 0.29) is 17.9 Å². The molecule has 6 nitrogen and oxygen atoms in total. The van der Waals surface area contributed by atoms with Gasteiger partial charge in [0.15, 0.2) is 0 Å². The van der Waals surface area contributed by atoms with Crippen molar-refractivity contribution < 1.29 is 14.7 Å². The molecule has 0 aliphatic heterocycles. The lowest BCUT2D eigenvalue weighted by atomic mass is 10.0. The molecule has 1 amide bonds. The Bertz CT molecular complexity index is 730. The minimum absolute atomic E-state index is 0.178. The van der Waals surface area contributed by atoms with Gasteiger partial charge in [0, 0.05) is 5.69 Å². The summed E-state index contributed by atoms with van der Waals surface area (Å²) in [6, 6.07) is 8.51. The summed E-state index contributed by atoms with van der Waals surface area (Å²) in [5.41, 5.74) is 1.73. The first-order chi connectivity index (χ1) is 11.2. The van der Waals surface area contributed by atoms with E-state index < -0.39 is 12.0 Å². The molecule has 0 radical (unpaired) electrons. The standard InChI is InChI=1S/C18H23N3O3/c1-12-14(11-19-21(12)18(2,3)4)17(24)20-15(10-16(22)23)13-8-6-5-7-9-13/h5-9,11,15H,10H2,1-4H3,(H,20,24)(H,22,23). The normalized spacial score (nSPS) is 12.7. The Morgan fingerprint density at radius 3 is 2.38 bits per heavy atom. The molecule has 24 heavy (non-hydrogen) atoms. The van der Waals surface area contributed by atoms with Crippen LogP contribution in [0.3, 0.4) is 0 Å². The number of rotatable bonds is 5. The van der Waals surface area contributed by atoms with Crippen LogP contribution in [0.5, 0.6) is 0 Å². The van der Waals surface area contributed by atoms with Gasteiger partial charge in [0.1, 0.15) is 0 Å². The summed E-state index contributed by atoms with van der Waals surface area (Å²) in [6.45, 7) is 7.85. The van der Waals surface area contributed by atoms with E-state index in [9.17, 15) is 9.59 Å². The molecule has 128 valence electrons. The molecule has 6 heteroatoms. The number of benzene rings is 1. The zero-order valence-electron chi connectivity index (χ0n) is 14.4. The Labute approximate surface area is 141 Å². The van der Waals surface area contributed by atoms with Crippen molar-refractivity contribution in [1.82, 2.24) is 15.1 Å². The number of amides is 1. The highest BCUT2D eigenvalue weighted by atomic mass is 16.4. The summed E-state index contributed by atoms with van der Waals surface area (Å²) in [5, 5.41) is 16.2. The van der Waals surface area contributed by atoms with Crippen molar-refractivity contribution in [2.45, 2.75) is 45.7 Å². The van der Waals surface area contributed by atoms with E-state index in [1.807, 2.05) is 45.9 Å². The van der Waals surface area contributed by atoms with Gasteiger partial charge in [0.2, 0.25) is 0 Å². The van der Waals surface area contributed by atoms with Crippen molar-refractivity contribution in [2.24, 2.45) is 0 Å². The molecule has 2 N–H and O–H groups in total. The Morgan fingerprint density at radius 1 is 1.25 bits per heavy atom. The molecule has 1 aromatic carbocycles. The molecule has 0 aliphatic rings. The number of hydrogen-bond donors (Lipinski definition) is 2. The van der Waals surface area contributed by atoms with Gasteiger partial charge in [0.25, 0.3) is 5.91 Å². The molecule has 2 aromatic rings. The lowest BCUT2D eigenvalue weighted by Crippen LogP contribution is -2.31. The van der Waals surface area contributed by atoms with Crippen LogP contribution in [0, 0.1) is 6.92 Å². The van der Waals surface area contributed by atoms with Crippen LogP contribution < -0.4 is 5.32 Å². The van der Waals surface area contributed by atoms with Crippen LogP contribution in [0.25, 0.3) is 0 Å². The molecule has 0 fully saturated rings. The second kappa shape index (κ2) is 6.86. The fourth-order valence-corrected chi connectivity index (χ4v) is 2.66. The maximum absolute atomic E-state index is 12.6. The van der Waals surface area contributed by atoms with Crippen molar-refractivity contribution in [1.29, 1.82) is 0 Å². The minimum atomic E-state index is -0.966. The lowest BCUT2D eigenvalue weighted by Gasteiger charge is -2.22. The van der Waals surface area contributed by atoms with Crippen LogP contribution in [0.1, 0.15) is 54.8 Å². The van der Waals surface area contributed by atoms with Crippen LogP contribution in [-0.2, 0) is 10.3 Å².